The number of esters is 1. The Morgan fingerprint density at radius 3 is 2.62 bits per heavy atom. The van der Waals surface area contributed by atoms with E-state index in [1.807, 2.05) is 18.2 Å². The van der Waals surface area contributed by atoms with Crippen molar-refractivity contribution in [2.45, 2.75) is 25.9 Å². The summed E-state index contributed by atoms with van der Waals surface area (Å²) < 4.78 is 44.6. The van der Waals surface area contributed by atoms with Crippen molar-refractivity contribution in [3.8, 4) is 11.3 Å². The summed E-state index contributed by atoms with van der Waals surface area (Å²) in [6.45, 7) is 2.10. The fourth-order valence-electron chi connectivity index (χ4n) is 2.93. The molecule has 0 aliphatic rings. The number of H-pyrrole nitrogens is 1. The lowest BCUT2D eigenvalue weighted by molar-refractivity contribution is -0.143. The second-order valence-electron chi connectivity index (χ2n) is 5.95. The minimum atomic E-state index is -4.42. The van der Waals surface area contributed by atoms with Crippen LogP contribution in [0.4, 0.5) is 13.2 Å². The van der Waals surface area contributed by atoms with Crippen molar-refractivity contribution in [3.63, 3.8) is 0 Å². The van der Waals surface area contributed by atoms with E-state index in [1.165, 1.54) is 12.1 Å². The summed E-state index contributed by atoms with van der Waals surface area (Å²) in [5.41, 5.74) is 1.53. The molecule has 0 spiro atoms. The van der Waals surface area contributed by atoms with Gasteiger partial charge in [-0.25, -0.2) is 0 Å². The number of ether oxygens (including phenoxy) is 1. The topological polar surface area (TPSA) is 42.1 Å². The number of hydrogen-bond acceptors (Lipinski definition) is 2. The Morgan fingerprint density at radius 1 is 1.12 bits per heavy atom. The smallest absolute Gasteiger partial charge is 0.417 e. The molecule has 26 heavy (non-hydrogen) atoms. The summed E-state index contributed by atoms with van der Waals surface area (Å²) >= 11 is 0. The predicted octanol–water partition coefficient (Wildman–Crippen LogP) is 5.35. The van der Waals surface area contributed by atoms with Crippen molar-refractivity contribution in [2.75, 3.05) is 6.61 Å². The van der Waals surface area contributed by atoms with Gasteiger partial charge >= 0.3 is 12.1 Å². The molecule has 1 N–H and O–H groups in total. The Bertz CT molecular complexity index is 928. The standard InChI is InChI=1S/C20H18F3NO2/c1-2-26-19(25)10-8-13-7-9-17-14(11-13)12-18(24-17)15-5-3-4-6-16(15)20(21,22)23/h3-7,9,11-12,24H,2,8,10H2,1H3. The second-order valence-corrected chi connectivity index (χ2v) is 5.95. The van der Waals surface area contributed by atoms with Gasteiger partial charge in [-0.15, -0.1) is 0 Å². The molecule has 3 nitrogen and oxygen atoms in total. The van der Waals surface area contributed by atoms with Crippen LogP contribution in [0, 0.1) is 0 Å². The molecule has 1 aromatic heterocycles. The lowest BCUT2D eigenvalue weighted by atomic mass is 10.0. The average molecular weight is 361 g/mol. The van der Waals surface area contributed by atoms with Gasteiger partial charge in [-0.1, -0.05) is 24.3 Å². The number of aromatic nitrogens is 1. The molecule has 2 aromatic carbocycles. The zero-order valence-electron chi connectivity index (χ0n) is 14.2. The fourth-order valence-corrected chi connectivity index (χ4v) is 2.93. The quantitative estimate of drug-likeness (QED) is 0.623. The summed E-state index contributed by atoms with van der Waals surface area (Å²) in [4.78, 5) is 14.5. The first-order valence-electron chi connectivity index (χ1n) is 8.32. The van der Waals surface area contributed by atoms with Crippen LogP contribution in [0.2, 0.25) is 0 Å². The van der Waals surface area contributed by atoms with E-state index in [0.29, 0.717) is 18.7 Å². The Labute approximate surface area is 148 Å². The zero-order chi connectivity index (χ0) is 18.7. The van der Waals surface area contributed by atoms with E-state index < -0.39 is 11.7 Å². The zero-order valence-corrected chi connectivity index (χ0v) is 14.2. The number of rotatable bonds is 5. The number of carbonyl (C=O) groups is 1. The van der Waals surface area contributed by atoms with Crippen LogP contribution in [0.15, 0.2) is 48.5 Å². The summed E-state index contributed by atoms with van der Waals surface area (Å²) in [6, 6.07) is 12.7. The van der Waals surface area contributed by atoms with Crippen LogP contribution in [0.1, 0.15) is 24.5 Å². The van der Waals surface area contributed by atoms with Crippen LogP contribution < -0.4 is 0 Å². The van der Waals surface area contributed by atoms with E-state index in [4.69, 9.17) is 4.74 Å². The highest BCUT2D eigenvalue weighted by atomic mass is 19.4. The Kier molecular flexibility index (Phi) is 5.02. The monoisotopic (exact) mass is 361 g/mol. The lowest BCUT2D eigenvalue weighted by Crippen LogP contribution is -2.06. The van der Waals surface area contributed by atoms with E-state index in [1.54, 1.807) is 19.1 Å². The molecule has 0 atom stereocenters. The maximum absolute atomic E-state index is 13.2. The molecule has 6 heteroatoms. The Hall–Kier alpha value is -2.76. The van der Waals surface area contributed by atoms with E-state index in [2.05, 4.69) is 4.98 Å². The van der Waals surface area contributed by atoms with Gasteiger partial charge < -0.3 is 9.72 Å². The first-order chi connectivity index (χ1) is 12.4. The number of alkyl halides is 3. The van der Waals surface area contributed by atoms with Crippen LogP contribution in [0.3, 0.4) is 0 Å². The number of carbonyl (C=O) groups excluding carboxylic acids is 1. The maximum Gasteiger partial charge on any atom is 0.417 e. The largest absolute Gasteiger partial charge is 0.466 e. The normalized spacial score (nSPS) is 11.7. The molecule has 0 saturated carbocycles. The van der Waals surface area contributed by atoms with Gasteiger partial charge in [-0.05, 0) is 43.2 Å². The van der Waals surface area contributed by atoms with Crippen molar-refractivity contribution in [2.24, 2.45) is 0 Å². The summed E-state index contributed by atoms with van der Waals surface area (Å²) in [7, 11) is 0. The van der Waals surface area contributed by atoms with Gasteiger partial charge in [0, 0.05) is 28.6 Å². The highest BCUT2D eigenvalue weighted by Gasteiger charge is 2.33. The van der Waals surface area contributed by atoms with Crippen molar-refractivity contribution in [3.05, 3.63) is 59.7 Å². The molecule has 0 amide bonds. The number of hydrogen-bond donors (Lipinski definition) is 1. The van der Waals surface area contributed by atoms with Crippen LogP contribution in [-0.4, -0.2) is 17.6 Å². The predicted molar refractivity (Wildman–Crippen MR) is 93.7 cm³/mol. The van der Waals surface area contributed by atoms with Crippen LogP contribution in [0.25, 0.3) is 22.2 Å². The Morgan fingerprint density at radius 2 is 1.88 bits per heavy atom. The van der Waals surface area contributed by atoms with Gasteiger partial charge in [0.2, 0.25) is 0 Å². The number of benzene rings is 2. The fraction of sp³-hybridized carbons (Fsp3) is 0.250. The summed E-state index contributed by atoms with van der Waals surface area (Å²) in [5, 5.41) is 0.804. The third-order valence-electron chi connectivity index (χ3n) is 4.13. The molecular formula is C20H18F3NO2. The average Bonchev–Trinajstić information content (AvgIpc) is 3.02. The van der Waals surface area contributed by atoms with Crippen LogP contribution >= 0.6 is 0 Å². The molecule has 0 unspecified atom stereocenters. The molecule has 1 heterocycles. The van der Waals surface area contributed by atoms with Gasteiger partial charge in [0.1, 0.15) is 0 Å². The minimum Gasteiger partial charge on any atom is -0.466 e. The first-order valence-corrected chi connectivity index (χ1v) is 8.32. The van der Waals surface area contributed by atoms with Gasteiger partial charge in [0.25, 0.3) is 0 Å². The highest BCUT2D eigenvalue weighted by Crippen LogP contribution is 2.37. The minimum absolute atomic E-state index is 0.115. The van der Waals surface area contributed by atoms with Gasteiger partial charge in [0.05, 0.1) is 12.2 Å². The van der Waals surface area contributed by atoms with Crippen LogP contribution in [0.5, 0.6) is 0 Å². The van der Waals surface area contributed by atoms with Crippen molar-refractivity contribution in [1.82, 2.24) is 4.98 Å². The van der Waals surface area contributed by atoms with Gasteiger partial charge in [-0.2, -0.15) is 13.2 Å². The highest BCUT2D eigenvalue weighted by molar-refractivity contribution is 5.87. The van der Waals surface area contributed by atoms with E-state index in [0.717, 1.165) is 22.5 Å². The number of halogens is 3. The van der Waals surface area contributed by atoms with E-state index >= 15 is 0 Å². The number of nitrogens with one attached hydrogen (secondary N) is 1. The SMILES string of the molecule is CCOC(=O)CCc1ccc2[nH]c(-c3ccccc3C(F)(F)F)cc2c1. The molecule has 0 saturated heterocycles. The third-order valence-corrected chi connectivity index (χ3v) is 4.13. The lowest BCUT2D eigenvalue weighted by Gasteiger charge is -2.11. The molecule has 0 radical (unpaired) electrons. The van der Waals surface area contributed by atoms with Crippen molar-refractivity contribution in [1.29, 1.82) is 0 Å². The third kappa shape index (κ3) is 3.90. The number of aryl methyl sites for hydroxylation is 1. The van der Waals surface area contributed by atoms with Gasteiger partial charge in [-0.3, -0.25) is 4.79 Å². The molecule has 3 rings (SSSR count). The van der Waals surface area contributed by atoms with Crippen molar-refractivity contribution < 1.29 is 22.7 Å². The summed E-state index contributed by atoms with van der Waals surface area (Å²) in [6.07, 6.45) is -3.62. The summed E-state index contributed by atoms with van der Waals surface area (Å²) in [5.74, 6) is -0.263. The van der Waals surface area contributed by atoms with Crippen molar-refractivity contribution >= 4 is 16.9 Å². The maximum atomic E-state index is 13.2. The molecule has 0 aliphatic heterocycles. The second kappa shape index (κ2) is 7.23. The molecular weight excluding hydrogens is 343 g/mol. The molecule has 136 valence electrons. The number of aromatic amines is 1. The Balaban J connectivity index is 1.90. The van der Waals surface area contributed by atoms with Gasteiger partial charge in [0.15, 0.2) is 0 Å². The molecule has 0 aliphatic carbocycles. The first kappa shape index (κ1) is 18.0. The molecule has 0 fully saturated rings. The molecule has 3 aromatic rings. The van der Waals surface area contributed by atoms with Crippen LogP contribution in [-0.2, 0) is 22.1 Å². The van der Waals surface area contributed by atoms with E-state index in [9.17, 15) is 18.0 Å². The van der Waals surface area contributed by atoms with E-state index in [-0.39, 0.29) is 18.0 Å². The molecule has 0 bridgehead atoms. The number of fused-ring (bicyclic) bond motifs is 1.